The minimum atomic E-state index is -1.48. The second-order valence-corrected chi connectivity index (χ2v) is 6.82. The van der Waals surface area contributed by atoms with Crippen molar-refractivity contribution in [2.24, 2.45) is 5.41 Å². The Kier molecular flexibility index (Phi) is 7.61. The molecule has 1 aromatic carbocycles. The number of allylic oxidation sites excluding steroid dienone is 2. The molecule has 0 spiro atoms. The minimum absolute atomic E-state index is 0.0707. The standard InChI is InChI=1S/C23H28O5/c1-5-26-21(24)23(15-14-17(3)4,22(25)27-6-2)16-19-12-13-20(28-19)18-10-8-7-9-11-18/h7-14H,5-6,15-16H2,1-4H3. The smallest absolute Gasteiger partial charge is 0.324 e. The first kappa shape index (κ1) is 21.5. The second kappa shape index (κ2) is 9.93. The van der Waals surface area contributed by atoms with Gasteiger partial charge in [-0.25, -0.2) is 0 Å². The van der Waals surface area contributed by atoms with Crippen molar-refractivity contribution in [1.29, 1.82) is 0 Å². The normalized spacial score (nSPS) is 11.0. The van der Waals surface area contributed by atoms with Crippen LogP contribution in [0, 0.1) is 5.41 Å². The third-order valence-electron chi connectivity index (χ3n) is 4.39. The molecule has 0 aliphatic carbocycles. The van der Waals surface area contributed by atoms with Gasteiger partial charge in [0.2, 0.25) is 0 Å². The molecule has 0 atom stereocenters. The van der Waals surface area contributed by atoms with Crippen molar-refractivity contribution in [2.45, 2.75) is 40.5 Å². The van der Waals surface area contributed by atoms with Gasteiger partial charge in [0.25, 0.3) is 0 Å². The molecule has 0 fully saturated rings. The molecule has 28 heavy (non-hydrogen) atoms. The summed E-state index contributed by atoms with van der Waals surface area (Å²) in [5.41, 5.74) is 0.452. The third-order valence-corrected chi connectivity index (χ3v) is 4.39. The van der Waals surface area contributed by atoms with Crippen LogP contribution in [0.1, 0.15) is 39.9 Å². The van der Waals surface area contributed by atoms with Crippen LogP contribution < -0.4 is 0 Å². The molecule has 0 saturated heterocycles. The van der Waals surface area contributed by atoms with E-state index in [1.54, 1.807) is 19.9 Å². The summed E-state index contributed by atoms with van der Waals surface area (Å²) in [5, 5.41) is 0. The lowest BCUT2D eigenvalue weighted by Crippen LogP contribution is -2.43. The number of carbonyl (C=O) groups is 2. The van der Waals surface area contributed by atoms with Crippen molar-refractivity contribution < 1.29 is 23.5 Å². The van der Waals surface area contributed by atoms with Gasteiger partial charge in [0.15, 0.2) is 5.41 Å². The van der Waals surface area contributed by atoms with Gasteiger partial charge in [-0.2, -0.15) is 0 Å². The zero-order valence-corrected chi connectivity index (χ0v) is 17.0. The van der Waals surface area contributed by atoms with Crippen LogP contribution in [0.15, 0.2) is 58.5 Å². The van der Waals surface area contributed by atoms with Crippen LogP contribution in [0.3, 0.4) is 0 Å². The molecule has 2 rings (SSSR count). The minimum Gasteiger partial charge on any atom is -0.465 e. The van der Waals surface area contributed by atoms with Gasteiger partial charge in [-0.15, -0.1) is 0 Å². The molecule has 0 aliphatic rings. The zero-order valence-electron chi connectivity index (χ0n) is 17.0. The first-order chi connectivity index (χ1) is 13.4. The lowest BCUT2D eigenvalue weighted by atomic mass is 9.79. The number of rotatable bonds is 9. The number of esters is 2. The molecular weight excluding hydrogens is 356 g/mol. The van der Waals surface area contributed by atoms with Crippen LogP contribution in [-0.2, 0) is 25.5 Å². The Hall–Kier alpha value is -2.82. The number of ether oxygens (including phenoxy) is 2. The number of benzene rings is 1. The van der Waals surface area contributed by atoms with Crippen LogP contribution in [-0.4, -0.2) is 25.2 Å². The molecule has 150 valence electrons. The number of hydrogen-bond donors (Lipinski definition) is 0. The van der Waals surface area contributed by atoms with Crippen molar-refractivity contribution in [2.75, 3.05) is 13.2 Å². The summed E-state index contributed by atoms with van der Waals surface area (Å²) in [6, 6.07) is 13.3. The van der Waals surface area contributed by atoms with E-state index in [1.807, 2.05) is 56.3 Å². The first-order valence-corrected chi connectivity index (χ1v) is 9.55. The van der Waals surface area contributed by atoms with Gasteiger partial charge >= 0.3 is 11.9 Å². The Labute approximate surface area is 166 Å². The monoisotopic (exact) mass is 384 g/mol. The summed E-state index contributed by atoms with van der Waals surface area (Å²) < 4.78 is 16.5. The van der Waals surface area contributed by atoms with Crippen molar-refractivity contribution in [3.63, 3.8) is 0 Å². The van der Waals surface area contributed by atoms with Crippen LogP contribution in [0.2, 0.25) is 0 Å². The fourth-order valence-corrected chi connectivity index (χ4v) is 2.91. The lowest BCUT2D eigenvalue weighted by molar-refractivity contribution is -0.172. The maximum Gasteiger partial charge on any atom is 0.324 e. The molecule has 0 bridgehead atoms. The Morgan fingerprint density at radius 2 is 1.57 bits per heavy atom. The highest BCUT2D eigenvalue weighted by Gasteiger charge is 2.49. The van der Waals surface area contributed by atoms with Gasteiger partial charge in [-0.05, 0) is 46.2 Å². The highest BCUT2D eigenvalue weighted by molar-refractivity contribution is 6.00. The molecule has 5 nitrogen and oxygen atoms in total. The van der Waals surface area contributed by atoms with E-state index in [4.69, 9.17) is 13.9 Å². The number of hydrogen-bond acceptors (Lipinski definition) is 5. The highest BCUT2D eigenvalue weighted by Crippen LogP contribution is 2.34. The van der Waals surface area contributed by atoms with Crippen molar-refractivity contribution in [1.82, 2.24) is 0 Å². The molecule has 2 aromatic rings. The van der Waals surface area contributed by atoms with Crippen LogP contribution in [0.5, 0.6) is 0 Å². The van der Waals surface area contributed by atoms with Crippen molar-refractivity contribution in [3.8, 4) is 11.3 Å². The average Bonchev–Trinajstić information content (AvgIpc) is 3.14. The molecule has 0 radical (unpaired) electrons. The SMILES string of the molecule is CCOC(=O)C(CC=C(C)C)(Cc1ccc(-c2ccccc2)o1)C(=O)OCC. The lowest BCUT2D eigenvalue weighted by Gasteiger charge is -2.27. The predicted molar refractivity (Wildman–Crippen MR) is 108 cm³/mol. The van der Waals surface area contributed by atoms with Gasteiger partial charge < -0.3 is 13.9 Å². The zero-order chi connectivity index (χ0) is 20.6. The van der Waals surface area contributed by atoms with Gasteiger partial charge in [0.05, 0.1) is 13.2 Å². The average molecular weight is 384 g/mol. The Morgan fingerprint density at radius 1 is 0.964 bits per heavy atom. The van der Waals surface area contributed by atoms with Gasteiger partial charge in [-0.1, -0.05) is 42.0 Å². The van der Waals surface area contributed by atoms with E-state index in [-0.39, 0.29) is 26.1 Å². The van der Waals surface area contributed by atoms with Crippen LogP contribution >= 0.6 is 0 Å². The van der Waals surface area contributed by atoms with Crippen LogP contribution in [0.4, 0.5) is 0 Å². The van der Waals surface area contributed by atoms with E-state index in [0.717, 1.165) is 11.1 Å². The maximum atomic E-state index is 12.9. The summed E-state index contributed by atoms with van der Waals surface area (Å²) in [6.45, 7) is 7.64. The van der Waals surface area contributed by atoms with Gasteiger partial charge in [0.1, 0.15) is 11.5 Å². The van der Waals surface area contributed by atoms with E-state index in [1.165, 1.54) is 0 Å². The number of furan rings is 1. The fraction of sp³-hybridized carbons (Fsp3) is 0.391. The molecule has 0 aliphatic heterocycles. The fourth-order valence-electron chi connectivity index (χ4n) is 2.91. The van der Waals surface area contributed by atoms with E-state index < -0.39 is 17.4 Å². The van der Waals surface area contributed by atoms with Crippen molar-refractivity contribution in [3.05, 3.63) is 59.9 Å². The van der Waals surface area contributed by atoms with Gasteiger partial charge in [0, 0.05) is 12.0 Å². The summed E-state index contributed by atoms with van der Waals surface area (Å²) in [7, 11) is 0. The highest BCUT2D eigenvalue weighted by atomic mass is 16.6. The predicted octanol–water partition coefficient (Wildman–Crippen LogP) is 4.96. The topological polar surface area (TPSA) is 65.7 Å². The quantitative estimate of drug-likeness (QED) is 0.347. The molecule has 5 heteroatoms. The Bertz CT molecular complexity index is 795. The largest absolute Gasteiger partial charge is 0.465 e. The number of carbonyl (C=O) groups excluding carboxylic acids is 2. The first-order valence-electron chi connectivity index (χ1n) is 9.55. The molecule has 0 amide bonds. The maximum absolute atomic E-state index is 12.9. The molecule has 1 aromatic heterocycles. The Balaban J connectivity index is 2.42. The summed E-state index contributed by atoms with van der Waals surface area (Å²) >= 11 is 0. The molecule has 0 saturated carbocycles. The summed E-state index contributed by atoms with van der Waals surface area (Å²) in [4.78, 5) is 25.8. The Morgan fingerprint density at radius 3 is 2.11 bits per heavy atom. The third kappa shape index (κ3) is 5.12. The molecule has 0 unspecified atom stereocenters. The van der Waals surface area contributed by atoms with Gasteiger partial charge in [-0.3, -0.25) is 9.59 Å². The summed E-state index contributed by atoms with van der Waals surface area (Å²) in [5.74, 6) is 0.0220. The van der Waals surface area contributed by atoms with E-state index in [2.05, 4.69) is 0 Å². The molecule has 0 N–H and O–H groups in total. The second-order valence-electron chi connectivity index (χ2n) is 6.82. The van der Waals surface area contributed by atoms with E-state index >= 15 is 0 Å². The van der Waals surface area contributed by atoms with E-state index in [0.29, 0.717) is 11.5 Å². The molecular formula is C23H28O5. The van der Waals surface area contributed by atoms with Crippen molar-refractivity contribution >= 4 is 11.9 Å². The molecule has 1 heterocycles. The van der Waals surface area contributed by atoms with Crippen LogP contribution in [0.25, 0.3) is 11.3 Å². The van der Waals surface area contributed by atoms with E-state index in [9.17, 15) is 9.59 Å². The summed E-state index contributed by atoms with van der Waals surface area (Å²) in [6.07, 6.45) is 2.12.